The first kappa shape index (κ1) is 18.0. The van der Waals surface area contributed by atoms with Crippen LogP contribution in [0.25, 0.3) is 0 Å². The molecule has 0 fully saturated rings. The van der Waals surface area contributed by atoms with Crippen molar-refractivity contribution < 1.29 is 4.74 Å². The molecule has 0 aliphatic rings. The summed E-state index contributed by atoms with van der Waals surface area (Å²) in [5.74, 6) is 0.939. The fourth-order valence-electron chi connectivity index (χ4n) is 3.19. The highest BCUT2D eigenvalue weighted by molar-refractivity contribution is 5.37. The average molecular weight is 292 g/mol. The van der Waals surface area contributed by atoms with Gasteiger partial charge in [0.25, 0.3) is 0 Å². The summed E-state index contributed by atoms with van der Waals surface area (Å²) in [6, 6.07) is 6.39. The second kappa shape index (κ2) is 7.81. The third-order valence-corrected chi connectivity index (χ3v) is 4.88. The van der Waals surface area contributed by atoms with Crippen LogP contribution < -0.4 is 10.5 Å². The Morgan fingerprint density at radius 1 is 1.24 bits per heavy atom. The number of aryl methyl sites for hydroxylation is 1. The molecule has 0 amide bonds. The second-order valence-corrected chi connectivity index (χ2v) is 6.01. The molecule has 2 atom stereocenters. The molecule has 1 aromatic rings. The van der Waals surface area contributed by atoms with Crippen LogP contribution in [0.3, 0.4) is 0 Å². The lowest BCUT2D eigenvalue weighted by atomic mass is 9.83. The first-order valence-electron chi connectivity index (χ1n) is 8.07. The van der Waals surface area contributed by atoms with E-state index in [-0.39, 0.29) is 11.6 Å². The molecule has 120 valence electrons. The van der Waals surface area contributed by atoms with Crippen molar-refractivity contribution in [1.29, 1.82) is 0 Å². The zero-order valence-corrected chi connectivity index (χ0v) is 14.6. The van der Waals surface area contributed by atoms with Crippen molar-refractivity contribution in [3.8, 4) is 5.75 Å². The van der Waals surface area contributed by atoms with Crippen molar-refractivity contribution in [3.63, 3.8) is 0 Å². The normalized spacial score (nSPS) is 15.8. The molecule has 0 heterocycles. The standard InChI is InChI=1S/C18H32N2O/c1-7-18(5,20(8-2)9-3)17(19)13-15-12-14(4)10-11-16(15)21-6/h10-12,17H,7-9,13,19H2,1-6H3. The van der Waals surface area contributed by atoms with Crippen LogP contribution in [0.4, 0.5) is 0 Å². The van der Waals surface area contributed by atoms with E-state index in [0.717, 1.165) is 31.7 Å². The van der Waals surface area contributed by atoms with Gasteiger partial charge in [0.15, 0.2) is 0 Å². The summed E-state index contributed by atoms with van der Waals surface area (Å²) in [5.41, 5.74) is 9.09. The zero-order valence-electron chi connectivity index (χ0n) is 14.6. The molecule has 0 saturated carbocycles. The van der Waals surface area contributed by atoms with Gasteiger partial charge in [0, 0.05) is 11.6 Å². The van der Waals surface area contributed by atoms with E-state index in [1.807, 2.05) is 6.07 Å². The first-order valence-corrected chi connectivity index (χ1v) is 8.07. The predicted molar refractivity (Wildman–Crippen MR) is 91.0 cm³/mol. The topological polar surface area (TPSA) is 38.5 Å². The van der Waals surface area contributed by atoms with Crippen LogP contribution in [0.2, 0.25) is 0 Å². The lowest BCUT2D eigenvalue weighted by Gasteiger charge is -2.44. The Kier molecular flexibility index (Phi) is 6.69. The predicted octanol–water partition coefficient (Wildman–Crippen LogP) is 3.38. The Hall–Kier alpha value is -1.06. The van der Waals surface area contributed by atoms with Crippen LogP contribution in [0, 0.1) is 6.92 Å². The van der Waals surface area contributed by atoms with E-state index in [9.17, 15) is 0 Å². The summed E-state index contributed by atoms with van der Waals surface area (Å²) in [5, 5.41) is 0. The van der Waals surface area contributed by atoms with E-state index in [1.54, 1.807) is 7.11 Å². The van der Waals surface area contributed by atoms with E-state index >= 15 is 0 Å². The molecule has 3 heteroatoms. The molecule has 0 aliphatic heterocycles. The summed E-state index contributed by atoms with van der Waals surface area (Å²) in [4.78, 5) is 2.47. The van der Waals surface area contributed by atoms with Gasteiger partial charge in [-0.05, 0) is 51.4 Å². The molecule has 2 N–H and O–H groups in total. The fraction of sp³-hybridized carbons (Fsp3) is 0.667. The lowest BCUT2D eigenvalue weighted by Crippen LogP contribution is -2.58. The Balaban J connectivity index is 3.02. The van der Waals surface area contributed by atoms with Crippen LogP contribution in [0.1, 0.15) is 45.2 Å². The Bertz CT molecular complexity index is 443. The fourth-order valence-corrected chi connectivity index (χ4v) is 3.19. The molecule has 2 unspecified atom stereocenters. The van der Waals surface area contributed by atoms with Gasteiger partial charge in [0.2, 0.25) is 0 Å². The van der Waals surface area contributed by atoms with E-state index in [0.29, 0.717) is 0 Å². The van der Waals surface area contributed by atoms with Crippen molar-refractivity contribution in [1.82, 2.24) is 4.90 Å². The third kappa shape index (κ3) is 3.98. The number of ether oxygens (including phenoxy) is 1. The molecule has 1 rings (SSSR count). The minimum absolute atomic E-state index is 0.0122. The number of methoxy groups -OCH3 is 1. The van der Waals surface area contributed by atoms with Crippen molar-refractivity contribution in [2.45, 2.75) is 59.0 Å². The summed E-state index contributed by atoms with van der Waals surface area (Å²) in [6.45, 7) is 13.1. The van der Waals surface area contributed by atoms with Gasteiger partial charge in [-0.1, -0.05) is 38.5 Å². The van der Waals surface area contributed by atoms with E-state index in [2.05, 4.69) is 51.7 Å². The molecule has 0 aliphatic carbocycles. The maximum Gasteiger partial charge on any atom is 0.122 e. The van der Waals surface area contributed by atoms with Gasteiger partial charge < -0.3 is 10.5 Å². The summed E-state index contributed by atoms with van der Waals surface area (Å²) in [7, 11) is 1.73. The SMILES string of the molecule is CCN(CC)C(C)(CC)C(N)Cc1cc(C)ccc1OC. The summed E-state index contributed by atoms with van der Waals surface area (Å²) in [6.07, 6.45) is 1.88. The van der Waals surface area contributed by atoms with Gasteiger partial charge in [-0.15, -0.1) is 0 Å². The van der Waals surface area contributed by atoms with Crippen LogP contribution >= 0.6 is 0 Å². The van der Waals surface area contributed by atoms with Crippen molar-refractivity contribution in [2.75, 3.05) is 20.2 Å². The number of rotatable bonds is 8. The van der Waals surface area contributed by atoms with Crippen LogP contribution in [0.15, 0.2) is 18.2 Å². The molecule has 0 bridgehead atoms. The highest BCUT2D eigenvalue weighted by Crippen LogP contribution is 2.28. The highest BCUT2D eigenvalue weighted by Gasteiger charge is 2.35. The number of likely N-dealkylation sites (N-methyl/N-ethyl adjacent to an activating group) is 1. The largest absolute Gasteiger partial charge is 0.496 e. The minimum atomic E-state index is 0.0122. The summed E-state index contributed by atoms with van der Waals surface area (Å²) >= 11 is 0. The highest BCUT2D eigenvalue weighted by atomic mass is 16.5. The number of hydrogen-bond acceptors (Lipinski definition) is 3. The number of nitrogens with two attached hydrogens (primary N) is 1. The van der Waals surface area contributed by atoms with Gasteiger partial charge in [-0.25, -0.2) is 0 Å². The minimum Gasteiger partial charge on any atom is -0.496 e. The Morgan fingerprint density at radius 3 is 2.33 bits per heavy atom. The molecule has 0 radical (unpaired) electrons. The molecular formula is C18H32N2O. The van der Waals surface area contributed by atoms with Crippen LogP contribution in [-0.2, 0) is 6.42 Å². The zero-order chi connectivity index (χ0) is 16.0. The van der Waals surface area contributed by atoms with Crippen molar-refractivity contribution in [2.24, 2.45) is 5.73 Å². The van der Waals surface area contributed by atoms with Crippen molar-refractivity contribution >= 4 is 0 Å². The molecule has 0 aromatic heterocycles. The number of benzene rings is 1. The molecular weight excluding hydrogens is 260 g/mol. The molecule has 1 aromatic carbocycles. The van der Waals surface area contributed by atoms with Gasteiger partial charge in [0.1, 0.15) is 5.75 Å². The second-order valence-electron chi connectivity index (χ2n) is 6.01. The van der Waals surface area contributed by atoms with Crippen molar-refractivity contribution in [3.05, 3.63) is 29.3 Å². The smallest absolute Gasteiger partial charge is 0.122 e. The molecule has 3 nitrogen and oxygen atoms in total. The van der Waals surface area contributed by atoms with Gasteiger partial charge in [-0.2, -0.15) is 0 Å². The monoisotopic (exact) mass is 292 g/mol. The average Bonchev–Trinajstić information content (AvgIpc) is 2.48. The maximum absolute atomic E-state index is 6.62. The number of nitrogens with zero attached hydrogens (tertiary/aromatic N) is 1. The van der Waals surface area contributed by atoms with Crippen LogP contribution in [0.5, 0.6) is 5.75 Å². The quantitative estimate of drug-likeness (QED) is 0.798. The van der Waals surface area contributed by atoms with Gasteiger partial charge >= 0.3 is 0 Å². The molecule has 0 spiro atoms. The van der Waals surface area contributed by atoms with Gasteiger partial charge in [-0.3, -0.25) is 4.90 Å². The van der Waals surface area contributed by atoms with E-state index < -0.39 is 0 Å². The Morgan fingerprint density at radius 2 is 1.86 bits per heavy atom. The number of hydrogen-bond donors (Lipinski definition) is 1. The third-order valence-electron chi connectivity index (χ3n) is 4.88. The first-order chi connectivity index (χ1) is 9.92. The van der Waals surface area contributed by atoms with Gasteiger partial charge in [0.05, 0.1) is 7.11 Å². The van der Waals surface area contributed by atoms with E-state index in [1.165, 1.54) is 11.1 Å². The summed E-state index contributed by atoms with van der Waals surface area (Å²) < 4.78 is 5.49. The van der Waals surface area contributed by atoms with E-state index in [4.69, 9.17) is 10.5 Å². The molecule has 0 saturated heterocycles. The Labute approximate surface area is 130 Å². The molecule has 21 heavy (non-hydrogen) atoms. The van der Waals surface area contributed by atoms with Crippen LogP contribution in [-0.4, -0.2) is 36.7 Å². The maximum atomic E-state index is 6.62. The lowest BCUT2D eigenvalue weighted by molar-refractivity contribution is 0.0843.